The van der Waals surface area contributed by atoms with Crippen LogP contribution in [0.2, 0.25) is 0 Å². The molecule has 3 fully saturated rings. The number of carbonyl (C=O) groups is 3. The molecule has 1 amide bonds. The van der Waals surface area contributed by atoms with E-state index in [4.69, 9.17) is 37.9 Å². The van der Waals surface area contributed by atoms with Gasteiger partial charge in [-0.05, 0) is 72.7 Å². The van der Waals surface area contributed by atoms with E-state index >= 15 is 0 Å². The topological polar surface area (TPSA) is 144 Å². The zero-order valence-electron chi connectivity index (χ0n) is 30.2. The van der Waals surface area contributed by atoms with Crippen molar-refractivity contribution in [3.05, 3.63) is 71.8 Å². The van der Waals surface area contributed by atoms with Crippen LogP contribution in [0.3, 0.4) is 0 Å². The third kappa shape index (κ3) is 7.93. The second kappa shape index (κ2) is 15.4. The summed E-state index contributed by atoms with van der Waals surface area (Å²) >= 11 is 0. The average Bonchev–Trinajstić information content (AvgIpc) is 3.92. The third-order valence-corrected chi connectivity index (χ3v) is 10.3. The number of amides is 1. The minimum absolute atomic E-state index is 0.195. The first-order chi connectivity index (χ1) is 25.6. The van der Waals surface area contributed by atoms with Gasteiger partial charge in [-0.1, -0.05) is 12.1 Å². The van der Waals surface area contributed by atoms with E-state index in [1.54, 1.807) is 12.0 Å². The van der Waals surface area contributed by atoms with Crippen molar-refractivity contribution in [3.63, 3.8) is 0 Å². The van der Waals surface area contributed by atoms with Gasteiger partial charge >= 0.3 is 18.0 Å². The molecule has 0 bridgehead atoms. The number of nitrogens with zero attached hydrogens (tertiary/aromatic N) is 2. The summed E-state index contributed by atoms with van der Waals surface area (Å²) in [5.74, 6) is 3.01. The second-order valence-electron chi connectivity index (χ2n) is 13.7. The van der Waals surface area contributed by atoms with Crippen LogP contribution in [-0.4, -0.2) is 89.0 Å². The van der Waals surface area contributed by atoms with Crippen molar-refractivity contribution in [2.75, 3.05) is 64.9 Å². The van der Waals surface area contributed by atoms with Crippen LogP contribution in [0.1, 0.15) is 50.7 Å². The van der Waals surface area contributed by atoms with Gasteiger partial charge < -0.3 is 43.2 Å². The van der Waals surface area contributed by atoms with Crippen molar-refractivity contribution in [3.8, 4) is 28.7 Å². The minimum Gasteiger partial charge on any atom is -0.497 e. The van der Waals surface area contributed by atoms with Crippen LogP contribution in [0, 0.1) is 0 Å². The summed E-state index contributed by atoms with van der Waals surface area (Å²) in [5, 5.41) is 3.29. The van der Waals surface area contributed by atoms with Crippen LogP contribution in [0.5, 0.6) is 28.7 Å². The maximum atomic E-state index is 12.5. The molecule has 1 unspecified atom stereocenters. The number of rotatable bonds is 8. The molecule has 282 valence electrons. The zero-order chi connectivity index (χ0) is 37.0. The molecule has 5 aliphatic rings. The third-order valence-electron chi connectivity index (χ3n) is 10.3. The molecule has 1 atom stereocenters. The van der Waals surface area contributed by atoms with Gasteiger partial charge in [-0.3, -0.25) is 19.4 Å². The van der Waals surface area contributed by atoms with E-state index in [2.05, 4.69) is 10.2 Å². The molecular formula is C39H45N3O11. The lowest BCUT2D eigenvalue weighted by atomic mass is 9.83. The van der Waals surface area contributed by atoms with Crippen molar-refractivity contribution < 1.29 is 52.3 Å². The van der Waals surface area contributed by atoms with Crippen molar-refractivity contribution in [1.82, 2.24) is 10.2 Å². The van der Waals surface area contributed by atoms with Crippen LogP contribution in [-0.2, 0) is 35.0 Å². The van der Waals surface area contributed by atoms with Crippen LogP contribution < -0.4 is 33.9 Å². The van der Waals surface area contributed by atoms with Crippen molar-refractivity contribution in [2.24, 2.45) is 0 Å². The van der Waals surface area contributed by atoms with Crippen LogP contribution >= 0.6 is 0 Å². The predicted molar refractivity (Wildman–Crippen MR) is 190 cm³/mol. The van der Waals surface area contributed by atoms with E-state index in [0.717, 1.165) is 60.0 Å². The second-order valence-corrected chi connectivity index (χ2v) is 13.7. The molecule has 0 aliphatic carbocycles. The van der Waals surface area contributed by atoms with Crippen LogP contribution in [0.15, 0.2) is 60.7 Å². The number of nitrogens with one attached hydrogen (secondary N) is 1. The number of fused-ring (bicyclic) bond motifs is 2. The predicted octanol–water partition coefficient (Wildman–Crippen LogP) is 4.86. The molecular weight excluding hydrogens is 686 g/mol. The van der Waals surface area contributed by atoms with Gasteiger partial charge in [0.05, 0.1) is 13.7 Å². The smallest absolute Gasteiger partial charge is 0.414 e. The van der Waals surface area contributed by atoms with Gasteiger partial charge in [0.1, 0.15) is 23.1 Å². The highest BCUT2D eigenvalue weighted by molar-refractivity contribution is 5.89. The molecule has 3 saturated heterocycles. The summed E-state index contributed by atoms with van der Waals surface area (Å²) in [6.07, 6.45) is 2.23. The maximum absolute atomic E-state index is 12.5. The Bertz CT molecular complexity index is 1800. The highest BCUT2D eigenvalue weighted by atomic mass is 16.7. The monoisotopic (exact) mass is 731 g/mol. The van der Waals surface area contributed by atoms with Crippen LogP contribution in [0.4, 0.5) is 10.5 Å². The fourth-order valence-corrected chi connectivity index (χ4v) is 7.61. The number of anilines is 1. The number of hydrogen-bond acceptors (Lipinski definition) is 13. The Hall–Kier alpha value is -5.21. The number of hydrogen-bond donors (Lipinski definition) is 1. The molecule has 1 N–H and O–H groups in total. The van der Waals surface area contributed by atoms with E-state index in [1.807, 2.05) is 60.7 Å². The molecule has 3 aromatic rings. The maximum Gasteiger partial charge on any atom is 0.414 e. The molecule has 0 aromatic heterocycles. The number of ether oxygens (including phenoxy) is 8. The number of piperidine rings is 2. The number of likely N-dealkylation sites (tertiary alicyclic amines) is 1. The van der Waals surface area contributed by atoms with E-state index in [-0.39, 0.29) is 37.7 Å². The quantitative estimate of drug-likeness (QED) is 0.249. The first kappa shape index (κ1) is 36.2. The first-order valence-electron chi connectivity index (χ1n) is 17.9. The Balaban J connectivity index is 0.000000193. The standard InChI is InChI=1S/C25H28N2O7.C14H17NO4/c1-17(28)34-25(18-3-8-22-23(13-18)32-16-31-22)9-11-26(12-10-25)14-21-15-27(24(29)33-21)19-4-6-20(30-2)7-5-19;1-10(16)19-14(4-6-15-7-5-14)11-2-3-12-13(8-11)18-9-17-12/h3-8,13,21H,9-12,14-16H2,1-2H3;2-3,8,15H,4-7,9H2,1H3. The highest BCUT2D eigenvalue weighted by Crippen LogP contribution is 2.43. The zero-order valence-corrected chi connectivity index (χ0v) is 30.2. The highest BCUT2D eigenvalue weighted by Gasteiger charge is 2.42. The molecule has 0 saturated carbocycles. The number of methoxy groups -OCH3 is 1. The van der Waals surface area contributed by atoms with E-state index in [1.165, 1.54) is 13.8 Å². The molecule has 0 spiro atoms. The van der Waals surface area contributed by atoms with Gasteiger partial charge in [0.2, 0.25) is 13.6 Å². The Labute approximate surface area is 308 Å². The van der Waals surface area contributed by atoms with E-state index < -0.39 is 11.2 Å². The summed E-state index contributed by atoms with van der Waals surface area (Å²) in [7, 11) is 1.61. The molecule has 5 aliphatic heterocycles. The lowest BCUT2D eigenvalue weighted by Gasteiger charge is -2.41. The lowest BCUT2D eigenvalue weighted by molar-refractivity contribution is -0.164. The van der Waals surface area contributed by atoms with Gasteiger partial charge in [0, 0.05) is 64.9 Å². The number of cyclic esters (lactones) is 1. The van der Waals surface area contributed by atoms with E-state index in [9.17, 15) is 14.4 Å². The summed E-state index contributed by atoms with van der Waals surface area (Å²) in [4.78, 5) is 39.7. The largest absolute Gasteiger partial charge is 0.497 e. The number of carbonyl (C=O) groups excluding carboxylic acids is 3. The Morgan fingerprint density at radius 3 is 1.81 bits per heavy atom. The average molecular weight is 732 g/mol. The Kier molecular flexibility index (Phi) is 10.5. The molecule has 3 aromatic carbocycles. The SMILES string of the molecule is CC(=O)OC1(c2ccc3c(c2)OCO3)CCNCC1.COc1ccc(N2CC(CN3CCC(OC(C)=O)(c4ccc5c(c4)OCO5)CC3)OC2=O)cc1. The Morgan fingerprint density at radius 1 is 0.755 bits per heavy atom. The van der Waals surface area contributed by atoms with Gasteiger partial charge in [-0.15, -0.1) is 0 Å². The Morgan fingerprint density at radius 2 is 1.28 bits per heavy atom. The molecule has 53 heavy (non-hydrogen) atoms. The normalized spacial score (nSPS) is 20.8. The van der Waals surface area contributed by atoms with E-state index in [0.29, 0.717) is 50.5 Å². The summed E-state index contributed by atoms with van der Waals surface area (Å²) in [5.41, 5.74) is 1.41. The first-order valence-corrected chi connectivity index (χ1v) is 17.9. The molecule has 5 heterocycles. The molecule has 14 heteroatoms. The fourth-order valence-electron chi connectivity index (χ4n) is 7.61. The van der Waals surface area contributed by atoms with Gasteiger partial charge in [-0.2, -0.15) is 0 Å². The minimum atomic E-state index is -0.717. The summed E-state index contributed by atoms with van der Waals surface area (Å²) in [6, 6.07) is 18.8. The lowest BCUT2D eigenvalue weighted by Crippen LogP contribution is -2.47. The van der Waals surface area contributed by atoms with Gasteiger partial charge in [0.25, 0.3) is 0 Å². The summed E-state index contributed by atoms with van der Waals surface area (Å²) < 4.78 is 44.0. The van der Waals surface area contributed by atoms with Crippen LogP contribution in [0.25, 0.3) is 0 Å². The van der Waals surface area contributed by atoms with Crippen molar-refractivity contribution in [1.29, 1.82) is 0 Å². The number of esters is 2. The van der Waals surface area contributed by atoms with Crippen molar-refractivity contribution >= 4 is 23.7 Å². The summed E-state index contributed by atoms with van der Waals surface area (Å²) in [6.45, 7) is 7.53. The molecule has 8 rings (SSSR count). The molecule has 14 nitrogen and oxygen atoms in total. The van der Waals surface area contributed by atoms with Crippen molar-refractivity contribution in [2.45, 2.75) is 56.8 Å². The number of benzene rings is 3. The van der Waals surface area contributed by atoms with Gasteiger partial charge in [0.15, 0.2) is 23.0 Å². The molecule has 0 radical (unpaired) electrons. The van der Waals surface area contributed by atoms with Gasteiger partial charge in [-0.25, -0.2) is 4.79 Å². The fraction of sp³-hybridized carbons (Fsp3) is 0.462.